The first-order valence-corrected chi connectivity index (χ1v) is 7.38. The van der Waals surface area contributed by atoms with E-state index in [0.29, 0.717) is 25.6 Å². The molecule has 0 aromatic carbocycles. The molecule has 1 heterocycles. The number of hydrogen-bond acceptors (Lipinski definition) is 3. The SMILES string of the molecule is CCN(CC1CCC1)C(=O)NCCn1cnc(C(=O)O)c1. The van der Waals surface area contributed by atoms with Crippen LogP contribution in [-0.4, -0.2) is 51.2 Å². The third kappa shape index (κ3) is 4.21. The van der Waals surface area contributed by atoms with Gasteiger partial charge in [0, 0.05) is 32.4 Å². The predicted octanol–water partition coefficient (Wildman–Crippen LogP) is 1.41. The zero-order valence-corrected chi connectivity index (χ0v) is 12.3. The van der Waals surface area contributed by atoms with Crippen molar-refractivity contribution in [3.63, 3.8) is 0 Å². The normalized spacial score (nSPS) is 14.5. The van der Waals surface area contributed by atoms with Gasteiger partial charge in [0.05, 0.1) is 6.33 Å². The van der Waals surface area contributed by atoms with Crippen LogP contribution in [0.25, 0.3) is 0 Å². The van der Waals surface area contributed by atoms with Crippen LogP contribution in [0.3, 0.4) is 0 Å². The monoisotopic (exact) mass is 294 g/mol. The van der Waals surface area contributed by atoms with Crippen LogP contribution in [0.2, 0.25) is 0 Å². The van der Waals surface area contributed by atoms with Gasteiger partial charge in [0.25, 0.3) is 0 Å². The molecule has 7 nitrogen and oxygen atoms in total. The quantitative estimate of drug-likeness (QED) is 0.796. The number of aromatic carboxylic acids is 1. The van der Waals surface area contributed by atoms with Crippen molar-refractivity contribution in [2.75, 3.05) is 19.6 Å². The molecule has 1 saturated carbocycles. The number of nitrogens with zero attached hydrogens (tertiary/aromatic N) is 3. The maximum absolute atomic E-state index is 12.0. The Balaban J connectivity index is 1.72. The number of aromatic nitrogens is 2. The van der Waals surface area contributed by atoms with Crippen LogP contribution in [0.15, 0.2) is 12.5 Å². The van der Waals surface area contributed by atoms with E-state index in [1.54, 1.807) is 4.57 Å². The minimum Gasteiger partial charge on any atom is -0.476 e. The molecule has 1 fully saturated rings. The number of imidazole rings is 1. The maximum atomic E-state index is 12.0. The Morgan fingerprint density at radius 3 is 2.81 bits per heavy atom. The second-order valence-corrected chi connectivity index (χ2v) is 5.37. The van der Waals surface area contributed by atoms with Crippen LogP contribution >= 0.6 is 0 Å². The van der Waals surface area contributed by atoms with E-state index in [4.69, 9.17) is 5.11 Å². The van der Waals surface area contributed by atoms with Crippen molar-refractivity contribution < 1.29 is 14.7 Å². The van der Waals surface area contributed by atoms with E-state index in [-0.39, 0.29) is 11.7 Å². The van der Waals surface area contributed by atoms with E-state index < -0.39 is 5.97 Å². The van der Waals surface area contributed by atoms with Crippen LogP contribution in [-0.2, 0) is 6.54 Å². The second-order valence-electron chi connectivity index (χ2n) is 5.37. The van der Waals surface area contributed by atoms with Gasteiger partial charge in [-0.05, 0) is 25.7 Å². The number of hydrogen-bond donors (Lipinski definition) is 2. The number of nitrogens with one attached hydrogen (secondary N) is 1. The zero-order chi connectivity index (χ0) is 15.2. The number of rotatable bonds is 7. The molecule has 0 unspecified atom stereocenters. The van der Waals surface area contributed by atoms with Crippen molar-refractivity contribution in [3.8, 4) is 0 Å². The summed E-state index contributed by atoms with van der Waals surface area (Å²) in [5.74, 6) is -0.391. The summed E-state index contributed by atoms with van der Waals surface area (Å²) in [5.41, 5.74) is 0.0153. The maximum Gasteiger partial charge on any atom is 0.356 e. The van der Waals surface area contributed by atoms with E-state index in [1.165, 1.54) is 31.8 Å². The third-order valence-electron chi connectivity index (χ3n) is 3.87. The summed E-state index contributed by atoms with van der Waals surface area (Å²) in [5, 5.41) is 11.6. The van der Waals surface area contributed by atoms with Crippen LogP contribution in [0.1, 0.15) is 36.7 Å². The molecule has 1 aliphatic rings. The standard InChI is InChI=1S/C14H22N4O3/c1-2-18(8-11-4-3-5-11)14(21)15-6-7-17-9-12(13(19)20)16-10-17/h9-11H,2-8H2,1H3,(H,15,21)(H,19,20). The molecule has 1 aromatic rings. The Morgan fingerprint density at radius 2 is 2.29 bits per heavy atom. The Bertz CT molecular complexity index is 496. The van der Waals surface area contributed by atoms with Gasteiger partial charge in [0.2, 0.25) is 0 Å². The number of amides is 2. The first-order valence-electron chi connectivity index (χ1n) is 7.38. The van der Waals surface area contributed by atoms with Crippen molar-refractivity contribution >= 4 is 12.0 Å². The average Bonchev–Trinajstić information content (AvgIpc) is 2.86. The molecular weight excluding hydrogens is 272 g/mol. The first kappa shape index (κ1) is 15.3. The van der Waals surface area contributed by atoms with Crippen LogP contribution < -0.4 is 5.32 Å². The van der Waals surface area contributed by atoms with Gasteiger partial charge >= 0.3 is 12.0 Å². The summed E-state index contributed by atoms with van der Waals surface area (Å²) in [4.78, 5) is 28.4. The number of carbonyl (C=O) groups excluding carboxylic acids is 1. The Labute approximate surface area is 124 Å². The molecule has 0 saturated heterocycles. The smallest absolute Gasteiger partial charge is 0.356 e. The highest BCUT2D eigenvalue weighted by atomic mass is 16.4. The Kier molecular flexibility index (Phi) is 5.19. The van der Waals surface area contributed by atoms with E-state index >= 15 is 0 Å². The molecule has 7 heteroatoms. The lowest BCUT2D eigenvalue weighted by molar-refractivity contribution is 0.0691. The van der Waals surface area contributed by atoms with Gasteiger partial charge in [-0.1, -0.05) is 6.42 Å². The molecule has 1 aromatic heterocycles. The lowest BCUT2D eigenvalue weighted by atomic mass is 9.85. The molecule has 0 radical (unpaired) electrons. The van der Waals surface area contributed by atoms with Crippen molar-refractivity contribution in [1.29, 1.82) is 0 Å². The fourth-order valence-corrected chi connectivity index (χ4v) is 2.34. The van der Waals surface area contributed by atoms with E-state index in [0.717, 1.165) is 6.54 Å². The van der Waals surface area contributed by atoms with Gasteiger partial charge in [-0.25, -0.2) is 14.6 Å². The third-order valence-corrected chi connectivity index (χ3v) is 3.87. The summed E-state index contributed by atoms with van der Waals surface area (Å²) in [6, 6.07) is -0.0528. The highest BCUT2D eigenvalue weighted by Gasteiger charge is 2.22. The van der Waals surface area contributed by atoms with Crippen molar-refractivity contribution in [2.45, 2.75) is 32.7 Å². The minimum atomic E-state index is -1.05. The fraction of sp³-hybridized carbons (Fsp3) is 0.643. The molecule has 116 valence electrons. The topological polar surface area (TPSA) is 87.5 Å². The minimum absolute atomic E-state index is 0.0153. The molecule has 2 rings (SSSR count). The van der Waals surface area contributed by atoms with Gasteiger partial charge in [-0.15, -0.1) is 0 Å². The molecule has 0 spiro atoms. The largest absolute Gasteiger partial charge is 0.476 e. The first-order chi connectivity index (χ1) is 10.1. The summed E-state index contributed by atoms with van der Waals surface area (Å²) in [6.07, 6.45) is 6.63. The molecule has 0 aliphatic heterocycles. The van der Waals surface area contributed by atoms with Crippen molar-refractivity contribution in [2.24, 2.45) is 5.92 Å². The highest BCUT2D eigenvalue weighted by molar-refractivity contribution is 5.84. The van der Waals surface area contributed by atoms with Crippen LogP contribution in [0, 0.1) is 5.92 Å². The van der Waals surface area contributed by atoms with Crippen LogP contribution in [0.5, 0.6) is 0 Å². The van der Waals surface area contributed by atoms with E-state index in [1.807, 2.05) is 11.8 Å². The lowest BCUT2D eigenvalue weighted by Gasteiger charge is -2.31. The molecule has 2 amide bonds. The Hall–Kier alpha value is -2.05. The number of carboxylic acid groups (broad SMARTS) is 1. The van der Waals surface area contributed by atoms with E-state index in [9.17, 15) is 9.59 Å². The van der Waals surface area contributed by atoms with Gasteiger partial charge in [-0.2, -0.15) is 0 Å². The van der Waals surface area contributed by atoms with Crippen molar-refractivity contribution in [1.82, 2.24) is 19.8 Å². The lowest BCUT2D eigenvalue weighted by Crippen LogP contribution is -2.44. The fourth-order valence-electron chi connectivity index (χ4n) is 2.34. The highest BCUT2D eigenvalue weighted by Crippen LogP contribution is 2.26. The molecular formula is C14H22N4O3. The molecule has 21 heavy (non-hydrogen) atoms. The van der Waals surface area contributed by atoms with Gasteiger partial charge in [0.1, 0.15) is 0 Å². The summed E-state index contributed by atoms with van der Waals surface area (Å²) in [6.45, 7) is 4.48. The van der Waals surface area contributed by atoms with E-state index in [2.05, 4.69) is 10.3 Å². The van der Waals surface area contributed by atoms with Crippen LogP contribution in [0.4, 0.5) is 4.79 Å². The predicted molar refractivity (Wildman–Crippen MR) is 77.2 cm³/mol. The molecule has 0 bridgehead atoms. The molecule has 0 atom stereocenters. The second kappa shape index (κ2) is 7.10. The summed E-state index contributed by atoms with van der Waals surface area (Å²) >= 11 is 0. The van der Waals surface area contributed by atoms with Crippen molar-refractivity contribution in [3.05, 3.63) is 18.2 Å². The number of carboxylic acids is 1. The molecule has 2 N–H and O–H groups in total. The van der Waals surface area contributed by atoms with Gasteiger partial charge in [0.15, 0.2) is 5.69 Å². The molecule has 1 aliphatic carbocycles. The zero-order valence-electron chi connectivity index (χ0n) is 12.3. The number of carbonyl (C=O) groups is 2. The summed E-state index contributed by atoms with van der Waals surface area (Å²) in [7, 11) is 0. The summed E-state index contributed by atoms with van der Waals surface area (Å²) < 4.78 is 1.66. The average molecular weight is 294 g/mol. The number of urea groups is 1. The Morgan fingerprint density at radius 1 is 1.52 bits per heavy atom. The van der Waals surface area contributed by atoms with Gasteiger partial charge < -0.3 is 19.9 Å². The van der Waals surface area contributed by atoms with Gasteiger partial charge in [-0.3, -0.25) is 0 Å².